The zero-order valence-electron chi connectivity index (χ0n) is 16.8. The second-order valence-electron chi connectivity index (χ2n) is 7.80. The molecule has 2 fully saturated rings. The van der Waals surface area contributed by atoms with E-state index in [2.05, 4.69) is 51.5 Å². The molecular formula is C23H32N4O. The summed E-state index contributed by atoms with van der Waals surface area (Å²) in [6.07, 6.45) is 7.30. The van der Waals surface area contributed by atoms with Gasteiger partial charge < -0.3 is 19.9 Å². The number of rotatable bonds is 6. The summed E-state index contributed by atoms with van der Waals surface area (Å²) in [5.74, 6) is 1.13. The lowest BCUT2D eigenvalue weighted by molar-refractivity contribution is 0.122. The number of nitrogens with zero attached hydrogens (tertiary/aromatic N) is 3. The van der Waals surface area contributed by atoms with Gasteiger partial charge in [-0.1, -0.05) is 31.0 Å². The van der Waals surface area contributed by atoms with Crippen LogP contribution < -0.4 is 15.1 Å². The fourth-order valence-electron chi connectivity index (χ4n) is 4.01. The van der Waals surface area contributed by atoms with Gasteiger partial charge in [-0.2, -0.15) is 0 Å². The minimum atomic E-state index is 0.827. The number of hydrogen-bond acceptors (Lipinski definition) is 5. The van der Waals surface area contributed by atoms with Crippen molar-refractivity contribution >= 4 is 11.5 Å². The summed E-state index contributed by atoms with van der Waals surface area (Å²) in [5.41, 5.74) is 3.84. The van der Waals surface area contributed by atoms with E-state index in [-0.39, 0.29) is 0 Å². The average molecular weight is 381 g/mol. The molecule has 2 aromatic rings. The quantitative estimate of drug-likeness (QED) is 0.829. The van der Waals surface area contributed by atoms with Gasteiger partial charge in [0.2, 0.25) is 0 Å². The first-order valence-corrected chi connectivity index (χ1v) is 10.7. The largest absolute Gasteiger partial charge is 0.378 e. The number of nitrogens with one attached hydrogen (secondary N) is 1. The predicted octanol–water partition coefficient (Wildman–Crippen LogP) is 3.59. The van der Waals surface area contributed by atoms with E-state index in [0.29, 0.717) is 0 Å². The Bertz CT molecular complexity index is 702. The molecule has 4 rings (SSSR count). The van der Waals surface area contributed by atoms with Gasteiger partial charge in [0, 0.05) is 51.2 Å². The Morgan fingerprint density at radius 2 is 1.43 bits per heavy atom. The van der Waals surface area contributed by atoms with Crippen LogP contribution in [0.15, 0.2) is 42.6 Å². The number of anilines is 2. The Balaban J connectivity index is 1.24. The van der Waals surface area contributed by atoms with E-state index in [1.807, 2.05) is 6.20 Å². The summed E-state index contributed by atoms with van der Waals surface area (Å²) in [7, 11) is 0. The summed E-state index contributed by atoms with van der Waals surface area (Å²) in [4.78, 5) is 9.52. The zero-order chi connectivity index (χ0) is 19.0. The van der Waals surface area contributed by atoms with Crippen LogP contribution in [0.2, 0.25) is 0 Å². The molecule has 0 radical (unpaired) electrons. The highest BCUT2D eigenvalue weighted by molar-refractivity contribution is 5.48. The molecule has 2 aliphatic rings. The van der Waals surface area contributed by atoms with Gasteiger partial charge in [-0.05, 0) is 42.2 Å². The molecule has 0 spiro atoms. The van der Waals surface area contributed by atoms with Crippen LogP contribution in [-0.2, 0) is 17.8 Å². The van der Waals surface area contributed by atoms with Crippen LogP contribution in [0.4, 0.5) is 11.5 Å². The first-order valence-electron chi connectivity index (χ1n) is 10.7. The van der Waals surface area contributed by atoms with Crippen molar-refractivity contribution in [3.8, 4) is 0 Å². The molecule has 2 saturated heterocycles. The van der Waals surface area contributed by atoms with Crippen molar-refractivity contribution in [2.24, 2.45) is 0 Å². The molecule has 150 valence electrons. The van der Waals surface area contributed by atoms with Crippen LogP contribution in [0.25, 0.3) is 0 Å². The number of morpholine rings is 1. The molecule has 1 aromatic carbocycles. The van der Waals surface area contributed by atoms with Crippen LogP contribution in [0.3, 0.4) is 0 Å². The van der Waals surface area contributed by atoms with E-state index in [9.17, 15) is 0 Å². The van der Waals surface area contributed by atoms with Gasteiger partial charge in [-0.15, -0.1) is 0 Å². The molecule has 2 aliphatic heterocycles. The van der Waals surface area contributed by atoms with Gasteiger partial charge in [-0.3, -0.25) is 0 Å². The first-order chi connectivity index (χ1) is 13.9. The summed E-state index contributed by atoms with van der Waals surface area (Å²) in [6.45, 7) is 7.63. The monoisotopic (exact) mass is 380 g/mol. The molecule has 0 aliphatic carbocycles. The Hall–Kier alpha value is -2.11. The maximum absolute atomic E-state index is 5.43. The summed E-state index contributed by atoms with van der Waals surface area (Å²) in [6, 6.07) is 13.3. The van der Waals surface area contributed by atoms with Crippen molar-refractivity contribution in [1.29, 1.82) is 0 Å². The van der Waals surface area contributed by atoms with E-state index in [1.54, 1.807) is 0 Å². The Kier molecular flexibility index (Phi) is 6.79. The second-order valence-corrected chi connectivity index (χ2v) is 7.80. The lowest BCUT2D eigenvalue weighted by Gasteiger charge is -2.28. The van der Waals surface area contributed by atoms with Crippen LogP contribution in [0.5, 0.6) is 0 Å². The van der Waals surface area contributed by atoms with E-state index in [1.165, 1.54) is 42.5 Å². The summed E-state index contributed by atoms with van der Waals surface area (Å²) in [5, 5.41) is 3.54. The van der Waals surface area contributed by atoms with Gasteiger partial charge in [0.1, 0.15) is 5.82 Å². The average Bonchev–Trinajstić information content (AvgIpc) is 3.05. The van der Waals surface area contributed by atoms with Gasteiger partial charge in [0.15, 0.2) is 0 Å². The maximum atomic E-state index is 5.43. The van der Waals surface area contributed by atoms with Crippen molar-refractivity contribution in [2.75, 3.05) is 49.2 Å². The van der Waals surface area contributed by atoms with Crippen molar-refractivity contribution in [3.63, 3.8) is 0 Å². The number of aromatic nitrogens is 1. The Labute approximate surface area is 168 Å². The van der Waals surface area contributed by atoms with Crippen molar-refractivity contribution in [1.82, 2.24) is 10.3 Å². The molecule has 0 saturated carbocycles. The molecule has 5 heteroatoms. The maximum Gasteiger partial charge on any atom is 0.128 e. The fraction of sp³-hybridized carbons (Fsp3) is 0.522. The SMILES string of the molecule is c1cc(N2CCOCC2)ccc1CNCc1ccc(N2CCCCCC2)nc1. The molecule has 0 atom stereocenters. The van der Waals surface area contributed by atoms with E-state index >= 15 is 0 Å². The highest BCUT2D eigenvalue weighted by Crippen LogP contribution is 2.18. The lowest BCUT2D eigenvalue weighted by Crippen LogP contribution is -2.36. The Morgan fingerprint density at radius 3 is 2.11 bits per heavy atom. The third kappa shape index (κ3) is 5.24. The third-order valence-corrected chi connectivity index (χ3v) is 5.71. The topological polar surface area (TPSA) is 40.6 Å². The van der Waals surface area contributed by atoms with Crippen molar-refractivity contribution in [2.45, 2.75) is 38.8 Å². The van der Waals surface area contributed by atoms with Gasteiger partial charge >= 0.3 is 0 Å². The number of ether oxygens (including phenoxy) is 1. The molecule has 28 heavy (non-hydrogen) atoms. The molecule has 0 unspecified atom stereocenters. The van der Waals surface area contributed by atoms with E-state index < -0.39 is 0 Å². The standard InChI is InChI=1S/C23H32N4O/c1-2-4-12-27(11-3-1)23-10-7-21(19-25-23)18-24-17-20-5-8-22(9-6-20)26-13-15-28-16-14-26/h5-10,19,24H,1-4,11-18H2. The van der Waals surface area contributed by atoms with Crippen LogP contribution in [0, 0.1) is 0 Å². The summed E-state index contributed by atoms with van der Waals surface area (Å²) < 4.78 is 5.43. The molecular weight excluding hydrogens is 348 g/mol. The fourth-order valence-corrected chi connectivity index (χ4v) is 4.01. The number of benzene rings is 1. The number of hydrogen-bond donors (Lipinski definition) is 1. The van der Waals surface area contributed by atoms with Crippen molar-refractivity contribution in [3.05, 3.63) is 53.7 Å². The van der Waals surface area contributed by atoms with Crippen LogP contribution in [0.1, 0.15) is 36.8 Å². The smallest absolute Gasteiger partial charge is 0.128 e. The molecule has 0 amide bonds. The van der Waals surface area contributed by atoms with Gasteiger partial charge in [0.05, 0.1) is 13.2 Å². The van der Waals surface area contributed by atoms with Crippen LogP contribution >= 0.6 is 0 Å². The molecule has 0 bridgehead atoms. The zero-order valence-corrected chi connectivity index (χ0v) is 16.8. The minimum absolute atomic E-state index is 0.827. The third-order valence-electron chi connectivity index (χ3n) is 5.71. The normalized spacial score (nSPS) is 18.1. The predicted molar refractivity (Wildman–Crippen MR) is 115 cm³/mol. The lowest BCUT2D eigenvalue weighted by atomic mass is 10.2. The Morgan fingerprint density at radius 1 is 0.750 bits per heavy atom. The highest BCUT2D eigenvalue weighted by atomic mass is 16.5. The molecule has 1 N–H and O–H groups in total. The number of pyridine rings is 1. The van der Waals surface area contributed by atoms with Gasteiger partial charge in [0.25, 0.3) is 0 Å². The van der Waals surface area contributed by atoms with Crippen molar-refractivity contribution < 1.29 is 4.74 Å². The minimum Gasteiger partial charge on any atom is -0.378 e. The summed E-state index contributed by atoms with van der Waals surface area (Å²) >= 11 is 0. The highest BCUT2D eigenvalue weighted by Gasteiger charge is 2.11. The van der Waals surface area contributed by atoms with E-state index in [0.717, 1.165) is 58.3 Å². The molecule has 1 aromatic heterocycles. The van der Waals surface area contributed by atoms with E-state index in [4.69, 9.17) is 9.72 Å². The molecule has 5 nitrogen and oxygen atoms in total. The second kappa shape index (κ2) is 9.89. The first kappa shape index (κ1) is 19.2. The van der Waals surface area contributed by atoms with Crippen LogP contribution in [-0.4, -0.2) is 44.4 Å². The molecule has 3 heterocycles. The van der Waals surface area contributed by atoms with Gasteiger partial charge in [-0.25, -0.2) is 4.98 Å².